The Balaban J connectivity index is 1.79. The van der Waals surface area contributed by atoms with Gasteiger partial charge in [0.25, 0.3) is 11.5 Å². The third-order valence-corrected chi connectivity index (χ3v) is 7.21. The van der Waals surface area contributed by atoms with E-state index in [1.807, 2.05) is 19.1 Å². The number of rotatable bonds is 8. The maximum absolute atomic E-state index is 13.6. The number of carbonyl (C=O) groups excluding carboxylic acids is 1. The summed E-state index contributed by atoms with van der Waals surface area (Å²) in [6, 6.07) is 3.81. The number of aryl methyl sites for hydroxylation is 1. The smallest absolute Gasteiger partial charge is 0.267 e. The van der Waals surface area contributed by atoms with E-state index >= 15 is 0 Å². The summed E-state index contributed by atoms with van der Waals surface area (Å²) in [7, 11) is 0. The van der Waals surface area contributed by atoms with E-state index in [0.29, 0.717) is 32.8 Å². The van der Waals surface area contributed by atoms with Gasteiger partial charge in [-0.15, -0.1) is 0 Å². The normalized spacial score (nSPS) is 19.9. The van der Waals surface area contributed by atoms with Gasteiger partial charge in [-0.2, -0.15) is 0 Å². The van der Waals surface area contributed by atoms with Crippen molar-refractivity contribution in [1.82, 2.24) is 14.3 Å². The zero-order valence-corrected chi connectivity index (χ0v) is 21.0. The molecule has 2 fully saturated rings. The van der Waals surface area contributed by atoms with Gasteiger partial charge in [0, 0.05) is 25.9 Å². The van der Waals surface area contributed by atoms with Gasteiger partial charge in [-0.1, -0.05) is 43.9 Å². The van der Waals surface area contributed by atoms with Crippen molar-refractivity contribution in [2.45, 2.75) is 52.6 Å². The number of ether oxygens (including phenoxy) is 1. The standard InChI is InChI=1S/C24H30N4O3S2/c1-4-10-26(11-5-2)21-18(22(29)27-14-16(3)8-9-20(27)25-21)13-19-23(30)28(24(32)33-19)15-17-7-6-12-31-17/h8-9,13-14,17H,4-7,10-12,15H2,1-3H3/b19-13-/t17-/m0/s1. The molecule has 9 heteroatoms. The highest BCUT2D eigenvalue weighted by Crippen LogP contribution is 2.34. The van der Waals surface area contributed by atoms with Crippen LogP contribution in [0.2, 0.25) is 0 Å². The number of aromatic nitrogens is 2. The fraction of sp³-hybridized carbons (Fsp3) is 0.500. The molecule has 4 heterocycles. The quantitative estimate of drug-likeness (QED) is 0.413. The van der Waals surface area contributed by atoms with Crippen LogP contribution in [-0.4, -0.2) is 56.9 Å². The third kappa shape index (κ3) is 5.00. The topological polar surface area (TPSA) is 67.2 Å². The highest BCUT2D eigenvalue weighted by atomic mass is 32.2. The molecule has 1 atom stereocenters. The van der Waals surface area contributed by atoms with E-state index in [1.54, 1.807) is 21.6 Å². The van der Waals surface area contributed by atoms with Crippen LogP contribution in [0, 0.1) is 6.92 Å². The number of carbonyl (C=O) groups is 1. The van der Waals surface area contributed by atoms with Crippen LogP contribution in [0.5, 0.6) is 0 Å². The first kappa shape index (κ1) is 23.9. The Kier molecular flexibility index (Phi) is 7.51. The van der Waals surface area contributed by atoms with Gasteiger partial charge in [0.2, 0.25) is 0 Å². The molecular formula is C24H30N4O3S2. The van der Waals surface area contributed by atoms with Crippen molar-refractivity contribution < 1.29 is 9.53 Å². The first-order valence-electron chi connectivity index (χ1n) is 11.6. The molecule has 2 aromatic rings. The molecule has 0 unspecified atom stereocenters. The molecule has 0 aliphatic carbocycles. The summed E-state index contributed by atoms with van der Waals surface area (Å²) in [4.78, 5) is 35.9. The average Bonchev–Trinajstić information content (AvgIpc) is 3.40. The van der Waals surface area contributed by atoms with Crippen LogP contribution in [0.1, 0.15) is 50.7 Å². The van der Waals surface area contributed by atoms with Crippen molar-refractivity contribution in [2.75, 3.05) is 31.1 Å². The van der Waals surface area contributed by atoms with E-state index < -0.39 is 0 Å². The van der Waals surface area contributed by atoms with Gasteiger partial charge in [0.1, 0.15) is 15.8 Å². The lowest BCUT2D eigenvalue weighted by Gasteiger charge is -2.24. The van der Waals surface area contributed by atoms with Gasteiger partial charge in [0.15, 0.2) is 0 Å². The summed E-state index contributed by atoms with van der Waals surface area (Å²) in [5, 5.41) is 0. The zero-order chi connectivity index (χ0) is 23.5. The molecule has 33 heavy (non-hydrogen) atoms. The van der Waals surface area contributed by atoms with Gasteiger partial charge >= 0.3 is 0 Å². The van der Waals surface area contributed by atoms with E-state index in [1.165, 1.54) is 11.8 Å². The van der Waals surface area contributed by atoms with Crippen LogP contribution in [0.25, 0.3) is 11.7 Å². The van der Waals surface area contributed by atoms with E-state index in [-0.39, 0.29) is 17.6 Å². The first-order valence-corrected chi connectivity index (χ1v) is 12.8. The molecule has 0 spiro atoms. The predicted molar refractivity (Wildman–Crippen MR) is 138 cm³/mol. The molecule has 2 aliphatic heterocycles. The highest BCUT2D eigenvalue weighted by Gasteiger charge is 2.35. The summed E-state index contributed by atoms with van der Waals surface area (Å²) >= 11 is 6.75. The minimum Gasteiger partial charge on any atom is -0.376 e. The van der Waals surface area contributed by atoms with E-state index in [4.69, 9.17) is 21.9 Å². The summed E-state index contributed by atoms with van der Waals surface area (Å²) in [6.07, 6.45) is 7.28. The molecule has 2 aliphatic rings. The number of thiocarbonyl (C=S) groups is 1. The predicted octanol–water partition coefficient (Wildman–Crippen LogP) is 4.01. The Morgan fingerprint density at radius 1 is 1.27 bits per heavy atom. The molecule has 2 aromatic heterocycles. The number of fused-ring (bicyclic) bond motifs is 1. The lowest BCUT2D eigenvalue weighted by Crippen LogP contribution is -2.35. The Morgan fingerprint density at radius 2 is 2.03 bits per heavy atom. The molecule has 0 saturated carbocycles. The number of thioether (sulfide) groups is 1. The van der Waals surface area contributed by atoms with Gasteiger partial charge in [-0.25, -0.2) is 4.98 Å². The Labute approximate surface area is 203 Å². The SMILES string of the molecule is CCCN(CCC)c1nc2ccc(C)cn2c(=O)c1/C=C1\SC(=S)N(C[C@@H]2CCCO2)C1=O. The van der Waals surface area contributed by atoms with E-state index in [0.717, 1.165) is 50.9 Å². The maximum atomic E-state index is 13.6. The number of amides is 1. The molecule has 0 N–H and O–H groups in total. The van der Waals surface area contributed by atoms with Crippen molar-refractivity contribution >= 4 is 51.7 Å². The van der Waals surface area contributed by atoms with Crippen LogP contribution in [0.15, 0.2) is 28.0 Å². The second-order valence-corrected chi connectivity index (χ2v) is 10.2. The van der Waals surface area contributed by atoms with Crippen LogP contribution in [-0.2, 0) is 9.53 Å². The second kappa shape index (κ2) is 10.4. The van der Waals surface area contributed by atoms with Crippen molar-refractivity contribution in [3.05, 3.63) is 44.7 Å². The molecule has 2 saturated heterocycles. The van der Waals surface area contributed by atoms with Crippen LogP contribution in [0.4, 0.5) is 5.82 Å². The summed E-state index contributed by atoms with van der Waals surface area (Å²) < 4.78 is 7.77. The second-order valence-electron chi connectivity index (χ2n) is 8.50. The van der Waals surface area contributed by atoms with Gasteiger partial charge < -0.3 is 9.64 Å². The summed E-state index contributed by atoms with van der Waals surface area (Å²) in [6.45, 7) is 8.90. The zero-order valence-electron chi connectivity index (χ0n) is 19.4. The molecule has 7 nitrogen and oxygen atoms in total. The third-order valence-electron chi connectivity index (χ3n) is 5.83. The van der Waals surface area contributed by atoms with E-state index in [2.05, 4.69) is 18.7 Å². The first-order chi connectivity index (χ1) is 15.9. The molecule has 4 rings (SSSR count). The lowest BCUT2D eigenvalue weighted by molar-refractivity contribution is -0.123. The number of pyridine rings is 1. The molecule has 0 aromatic carbocycles. The van der Waals surface area contributed by atoms with Crippen LogP contribution < -0.4 is 10.5 Å². The van der Waals surface area contributed by atoms with Gasteiger partial charge in [-0.3, -0.25) is 18.9 Å². The fourth-order valence-corrected chi connectivity index (χ4v) is 5.52. The van der Waals surface area contributed by atoms with Gasteiger partial charge in [0.05, 0.1) is 23.1 Å². The minimum atomic E-state index is -0.180. The van der Waals surface area contributed by atoms with Crippen molar-refractivity contribution in [1.29, 1.82) is 0 Å². The number of hydrogen-bond acceptors (Lipinski definition) is 7. The van der Waals surface area contributed by atoms with Crippen molar-refractivity contribution in [2.24, 2.45) is 0 Å². The van der Waals surface area contributed by atoms with Gasteiger partial charge in [-0.05, 0) is 50.3 Å². The average molecular weight is 487 g/mol. The Morgan fingerprint density at radius 3 is 2.70 bits per heavy atom. The summed E-state index contributed by atoms with van der Waals surface area (Å²) in [5.41, 5.74) is 1.81. The van der Waals surface area contributed by atoms with Crippen molar-refractivity contribution in [3.8, 4) is 0 Å². The largest absolute Gasteiger partial charge is 0.376 e. The number of hydrogen-bond donors (Lipinski definition) is 0. The lowest BCUT2D eigenvalue weighted by atomic mass is 10.2. The molecule has 0 radical (unpaired) electrons. The molecule has 0 bridgehead atoms. The van der Waals surface area contributed by atoms with Crippen LogP contribution >= 0.6 is 24.0 Å². The number of anilines is 1. The molecular weight excluding hydrogens is 456 g/mol. The molecule has 1 amide bonds. The monoisotopic (exact) mass is 486 g/mol. The Bertz CT molecular complexity index is 1150. The Hall–Kier alpha value is -2.23. The highest BCUT2D eigenvalue weighted by molar-refractivity contribution is 8.26. The van der Waals surface area contributed by atoms with Crippen molar-refractivity contribution in [3.63, 3.8) is 0 Å². The maximum Gasteiger partial charge on any atom is 0.267 e. The summed E-state index contributed by atoms with van der Waals surface area (Å²) in [5.74, 6) is 0.453. The molecule has 176 valence electrons. The van der Waals surface area contributed by atoms with E-state index in [9.17, 15) is 9.59 Å². The minimum absolute atomic E-state index is 0.0166. The number of nitrogens with zero attached hydrogens (tertiary/aromatic N) is 4. The fourth-order valence-electron chi connectivity index (χ4n) is 4.26. The van der Waals surface area contributed by atoms with Crippen LogP contribution in [0.3, 0.4) is 0 Å².